The molecule has 0 aromatic heterocycles. The van der Waals surface area contributed by atoms with Gasteiger partial charge in [-0.15, -0.1) is 11.8 Å². The Kier molecular flexibility index (Phi) is 2.63. The number of hydrogen-bond acceptors (Lipinski definition) is 4. The average Bonchev–Trinajstić information content (AvgIpc) is 2.61. The second-order valence-corrected chi connectivity index (χ2v) is 4.22. The van der Waals surface area contributed by atoms with Gasteiger partial charge in [0.25, 0.3) is 0 Å². The van der Waals surface area contributed by atoms with Crippen molar-refractivity contribution in [3.63, 3.8) is 0 Å². The SMILES string of the molecule is CC(=N)SCc1ccc2c(c1)OCO2. The van der Waals surface area contributed by atoms with Gasteiger partial charge in [-0.3, -0.25) is 5.41 Å². The van der Waals surface area contributed by atoms with Crippen LogP contribution < -0.4 is 9.47 Å². The number of benzene rings is 1. The first-order valence-electron chi connectivity index (χ1n) is 4.32. The van der Waals surface area contributed by atoms with Crippen LogP contribution in [0.2, 0.25) is 0 Å². The Morgan fingerprint density at radius 1 is 1.43 bits per heavy atom. The fourth-order valence-electron chi connectivity index (χ4n) is 1.22. The number of rotatable bonds is 2. The molecule has 74 valence electrons. The summed E-state index contributed by atoms with van der Waals surface area (Å²) >= 11 is 1.52. The average molecular weight is 209 g/mol. The van der Waals surface area contributed by atoms with Gasteiger partial charge in [-0.2, -0.15) is 0 Å². The highest BCUT2D eigenvalue weighted by Gasteiger charge is 2.12. The molecular formula is C10H11NO2S. The molecule has 0 fully saturated rings. The lowest BCUT2D eigenvalue weighted by atomic mass is 10.2. The van der Waals surface area contributed by atoms with Crippen LogP contribution >= 0.6 is 11.8 Å². The van der Waals surface area contributed by atoms with Gasteiger partial charge >= 0.3 is 0 Å². The molecule has 4 heteroatoms. The summed E-state index contributed by atoms with van der Waals surface area (Å²) in [4.78, 5) is 0. The molecular weight excluding hydrogens is 198 g/mol. The number of thioether (sulfide) groups is 1. The number of ether oxygens (including phenoxy) is 2. The molecule has 0 bridgehead atoms. The molecule has 1 aliphatic heterocycles. The Morgan fingerprint density at radius 2 is 2.21 bits per heavy atom. The van der Waals surface area contributed by atoms with Crippen LogP contribution in [0.5, 0.6) is 11.5 Å². The number of hydrogen-bond donors (Lipinski definition) is 1. The highest BCUT2D eigenvalue weighted by atomic mass is 32.2. The van der Waals surface area contributed by atoms with Gasteiger partial charge in [0.05, 0.1) is 5.04 Å². The molecule has 1 N–H and O–H groups in total. The van der Waals surface area contributed by atoms with E-state index in [1.165, 1.54) is 11.8 Å². The van der Waals surface area contributed by atoms with E-state index >= 15 is 0 Å². The molecule has 0 aliphatic carbocycles. The first-order chi connectivity index (χ1) is 6.75. The zero-order chi connectivity index (χ0) is 9.97. The van der Waals surface area contributed by atoms with Gasteiger partial charge in [-0.1, -0.05) is 6.07 Å². The summed E-state index contributed by atoms with van der Waals surface area (Å²) in [5, 5.41) is 7.93. The Bertz CT molecular complexity index is 365. The summed E-state index contributed by atoms with van der Waals surface area (Å²) in [5.74, 6) is 2.43. The fourth-order valence-corrected chi connectivity index (χ4v) is 1.79. The smallest absolute Gasteiger partial charge is 0.231 e. The van der Waals surface area contributed by atoms with E-state index in [-0.39, 0.29) is 0 Å². The topological polar surface area (TPSA) is 42.3 Å². The van der Waals surface area contributed by atoms with Gasteiger partial charge in [0.1, 0.15) is 0 Å². The Hall–Kier alpha value is -1.16. The minimum atomic E-state index is 0.315. The normalized spacial score (nSPS) is 12.9. The first-order valence-corrected chi connectivity index (χ1v) is 5.31. The summed E-state index contributed by atoms with van der Waals surface area (Å²) in [6, 6.07) is 5.89. The molecule has 1 aromatic rings. The van der Waals surface area contributed by atoms with Gasteiger partial charge in [-0.05, 0) is 24.6 Å². The number of nitrogens with one attached hydrogen (secondary N) is 1. The van der Waals surface area contributed by atoms with E-state index in [0.717, 1.165) is 22.8 Å². The minimum absolute atomic E-state index is 0.315. The van der Waals surface area contributed by atoms with Gasteiger partial charge in [-0.25, -0.2) is 0 Å². The van der Waals surface area contributed by atoms with Crippen molar-refractivity contribution in [2.45, 2.75) is 12.7 Å². The second-order valence-electron chi connectivity index (χ2n) is 3.03. The maximum atomic E-state index is 7.30. The van der Waals surface area contributed by atoms with Crippen molar-refractivity contribution in [2.75, 3.05) is 6.79 Å². The van der Waals surface area contributed by atoms with Crippen molar-refractivity contribution in [3.8, 4) is 11.5 Å². The molecule has 3 nitrogen and oxygen atoms in total. The van der Waals surface area contributed by atoms with E-state index in [0.29, 0.717) is 11.8 Å². The molecule has 2 rings (SSSR count). The quantitative estimate of drug-likeness (QED) is 0.601. The Balaban J connectivity index is 2.09. The van der Waals surface area contributed by atoms with Crippen LogP contribution in [-0.2, 0) is 5.75 Å². The van der Waals surface area contributed by atoms with Crippen molar-refractivity contribution in [1.29, 1.82) is 5.41 Å². The van der Waals surface area contributed by atoms with Crippen molar-refractivity contribution >= 4 is 16.8 Å². The van der Waals surface area contributed by atoms with Crippen molar-refractivity contribution in [1.82, 2.24) is 0 Å². The summed E-state index contributed by atoms with van der Waals surface area (Å²) in [5.41, 5.74) is 1.16. The molecule has 0 amide bonds. The third kappa shape index (κ3) is 2.01. The van der Waals surface area contributed by atoms with E-state index in [1.807, 2.05) is 18.2 Å². The molecule has 1 aromatic carbocycles. The molecule has 0 radical (unpaired) electrons. The van der Waals surface area contributed by atoms with Gasteiger partial charge in [0.2, 0.25) is 6.79 Å². The van der Waals surface area contributed by atoms with Crippen LogP contribution in [0.25, 0.3) is 0 Å². The maximum Gasteiger partial charge on any atom is 0.231 e. The van der Waals surface area contributed by atoms with E-state index in [1.54, 1.807) is 6.92 Å². The molecule has 0 atom stereocenters. The molecule has 0 saturated carbocycles. The molecule has 1 aliphatic rings. The second kappa shape index (κ2) is 3.92. The van der Waals surface area contributed by atoms with Crippen LogP contribution in [0.3, 0.4) is 0 Å². The standard InChI is InChI=1S/C10H11NO2S/c1-7(11)14-5-8-2-3-9-10(4-8)13-6-12-9/h2-4,11H,5-6H2,1H3. The van der Waals surface area contributed by atoms with E-state index in [4.69, 9.17) is 14.9 Å². The fraction of sp³-hybridized carbons (Fsp3) is 0.300. The highest BCUT2D eigenvalue weighted by molar-refractivity contribution is 8.13. The van der Waals surface area contributed by atoms with Crippen molar-refractivity contribution in [3.05, 3.63) is 23.8 Å². The lowest BCUT2D eigenvalue weighted by Gasteiger charge is -2.01. The largest absolute Gasteiger partial charge is 0.454 e. The monoisotopic (exact) mass is 209 g/mol. The van der Waals surface area contributed by atoms with Crippen molar-refractivity contribution < 1.29 is 9.47 Å². The predicted octanol–water partition coefficient (Wildman–Crippen LogP) is 2.65. The van der Waals surface area contributed by atoms with Crippen LogP contribution in [-0.4, -0.2) is 11.8 Å². The third-order valence-electron chi connectivity index (χ3n) is 1.89. The van der Waals surface area contributed by atoms with Crippen LogP contribution in [0.4, 0.5) is 0 Å². The lowest BCUT2D eigenvalue weighted by molar-refractivity contribution is 0.174. The maximum absolute atomic E-state index is 7.30. The highest BCUT2D eigenvalue weighted by Crippen LogP contribution is 2.33. The van der Waals surface area contributed by atoms with E-state index < -0.39 is 0 Å². The van der Waals surface area contributed by atoms with Crippen LogP contribution in [0.1, 0.15) is 12.5 Å². The summed E-state index contributed by atoms with van der Waals surface area (Å²) < 4.78 is 10.5. The van der Waals surface area contributed by atoms with Gasteiger partial charge in [0.15, 0.2) is 11.5 Å². The molecule has 1 heterocycles. The van der Waals surface area contributed by atoms with Gasteiger partial charge < -0.3 is 9.47 Å². The van der Waals surface area contributed by atoms with Gasteiger partial charge in [0, 0.05) is 5.75 Å². The zero-order valence-corrected chi connectivity index (χ0v) is 8.69. The zero-order valence-electron chi connectivity index (χ0n) is 7.87. The number of fused-ring (bicyclic) bond motifs is 1. The lowest BCUT2D eigenvalue weighted by Crippen LogP contribution is -1.92. The molecule has 0 saturated heterocycles. The molecule has 0 unspecified atom stereocenters. The van der Waals surface area contributed by atoms with Crippen LogP contribution in [0.15, 0.2) is 18.2 Å². The van der Waals surface area contributed by atoms with E-state index in [2.05, 4.69) is 0 Å². The predicted molar refractivity (Wildman–Crippen MR) is 57.3 cm³/mol. The molecule has 0 spiro atoms. The summed E-state index contributed by atoms with van der Waals surface area (Å²) in [7, 11) is 0. The Labute approximate surface area is 86.9 Å². The summed E-state index contributed by atoms with van der Waals surface area (Å²) in [6.45, 7) is 2.10. The molecule has 14 heavy (non-hydrogen) atoms. The third-order valence-corrected chi connectivity index (χ3v) is 2.80. The minimum Gasteiger partial charge on any atom is -0.454 e. The Morgan fingerprint density at radius 3 is 3.00 bits per heavy atom. The summed E-state index contributed by atoms with van der Waals surface area (Å²) in [6.07, 6.45) is 0. The van der Waals surface area contributed by atoms with Crippen LogP contribution in [0, 0.1) is 5.41 Å². The first kappa shape index (κ1) is 9.40. The van der Waals surface area contributed by atoms with E-state index in [9.17, 15) is 0 Å². The van der Waals surface area contributed by atoms with Crippen molar-refractivity contribution in [2.24, 2.45) is 0 Å².